The maximum Gasteiger partial charge on any atom is 0.446 e. The van der Waals surface area contributed by atoms with Crippen LogP contribution in [-0.2, 0) is 6.54 Å². The van der Waals surface area contributed by atoms with Crippen LogP contribution >= 0.6 is 11.8 Å². The zero-order valence-electron chi connectivity index (χ0n) is 16.2. The Labute approximate surface area is 180 Å². The Balaban J connectivity index is 1.50. The van der Waals surface area contributed by atoms with Crippen molar-refractivity contribution in [3.05, 3.63) is 96.4 Å². The molecule has 4 rings (SSSR count). The van der Waals surface area contributed by atoms with Gasteiger partial charge in [0.2, 0.25) is 0 Å². The molecule has 0 radical (unpaired) electrons. The summed E-state index contributed by atoms with van der Waals surface area (Å²) >= 11 is -0.135. The van der Waals surface area contributed by atoms with Crippen molar-refractivity contribution in [2.45, 2.75) is 16.9 Å². The lowest BCUT2D eigenvalue weighted by Gasteiger charge is -2.12. The molecule has 0 fully saturated rings. The molecule has 8 heteroatoms. The highest BCUT2D eigenvalue weighted by atomic mass is 32.2. The molecular formula is C23H17F4N3S. The molecule has 0 unspecified atom stereocenters. The van der Waals surface area contributed by atoms with Crippen molar-refractivity contribution in [3.63, 3.8) is 0 Å². The third kappa shape index (κ3) is 4.91. The van der Waals surface area contributed by atoms with Crippen LogP contribution in [0.5, 0.6) is 0 Å². The van der Waals surface area contributed by atoms with Crippen molar-refractivity contribution in [2.24, 2.45) is 0 Å². The van der Waals surface area contributed by atoms with Crippen LogP contribution in [0.15, 0.2) is 84.4 Å². The molecule has 0 saturated carbocycles. The summed E-state index contributed by atoms with van der Waals surface area (Å²) in [6.45, 7) is 4.51. The van der Waals surface area contributed by atoms with Gasteiger partial charge in [0.05, 0.1) is 17.4 Å². The van der Waals surface area contributed by atoms with Gasteiger partial charge >= 0.3 is 5.51 Å². The zero-order valence-corrected chi connectivity index (χ0v) is 17.0. The number of thioether (sulfide) groups is 1. The number of halogens is 4. The Morgan fingerprint density at radius 1 is 1.00 bits per heavy atom. The normalized spacial score (nSPS) is 11.6. The first-order valence-corrected chi connectivity index (χ1v) is 10.1. The third-order valence-electron chi connectivity index (χ3n) is 4.67. The van der Waals surface area contributed by atoms with Crippen LogP contribution in [-0.4, -0.2) is 15.3 Å². The summed E-state index contributed by atoms with van der Waals surface area (Å²) in [4.78, 5) is 0.146. The van der Waals surface area contributed by atoms with Crippen LogP contribution in [0.4, 0.5) is 17.6 Å². The highest BCUT2D eigenvalue weighted by Gasteiger charge is 2.28. The Bertz CT molecular complexity index is 1210. The second-order valence-corrected chi connectivity index (χ2v) is 7.93. The minimum atomic E-state index is -4.30. The van der Waals surface area contributed by atoms with E-state index in [1.54, 1.807) is 35.1 Å². The van der Waals surface area contributed by atoms with Gasteiger partial charge in [-0.25, -0.2) is 9.07 Å². The molecule has 0 aliphatic rings. The molecule has 0 spiro atoms. The van der Waals surface area contributed by atoms with Gasteiger partial charge in [0.1, 0.15) is 5.82 Å². The van der Waals surface area contributed by atoms with Gasteiger partial charge < -0.3 is 5.32 Å². The van der Waals surface area contributed by atoms with Crippen molar-refractivity contribution < 1.29 is 17.6 Å². The van der Waals surface area contributed by atoms with Gasteiger partial charge in [0.15, 0.2) is 0 Å². The highest BCUT2D eigenvalue weighted by Crippen LogP contribution is 2.36. The molecule has 0 saturated heterocycles. The third-order valence-corrected chi connectivity index (χ3v) is 5.41. The quantitative estimate of drug-likeness (QED) is 0.271. The van der Waals surface area contributed by atoms with Gasteiger partial charge in [-0.2, -0.15) is 18.3 Å². The van der Waals surface area contributed by atoms with Crippen molar-refractivity contribution in [1.82, 2.24) is 15.1 Å². The zero-order chi connectivity index (χ0) is 22.0. The van der Waals surface area contributed by atoms with Crippen LogP contribution < -0.4 is 5.32 Å². The summed E-state index contributed by atoms with van der Waals surface area (Å²) in [7, 11) is 0. The van der Waals surface area contributed by atoms with Crippen molar-refractivity contribution in [2.75, 3.05) is 0 Å². The minimum Gasteiger partial charge on any atom is -0.381 e. The van der Waals surface area contributed by atoms with E-state index >= 15 is 0 Å². The fourth-order valence-corrected chi connectivity index (χ4v) is 3.75. The van der Waals surface area contributed by atoms with E-state index in [1.807, 2.05) is 18.2 Å². The predicted molar refractivity (Wildman–Crippen MR) is 115 cm³/mol. The van der Waals surface area contributed by atoms with Crippen molar-refractivity contribution in [1.29, 1.82) is 0 Å². The summed E-state index contributed by atoms with van der Waals surface area (Å²) in [6, 6.07) is 18.0. The Morgan fingerprint density at radius 3 is 2.39 bits per heavy atom. The monoisotopic (exact) mass is 443 g/mol. The fourth-order valence-electron chi connectivity index (χ4n) is 3.22. The number of hydrogen-bond donors (Lipinski definition) is 1. The minimum absolute atomic E-state index is 0.135. The standard InChI is InChI=1S/C23H17F4N3S/c1-15(28-13-16-5-11-19(12-6-16)31-23(25,26)27)20-3-2-4-22-21(20)14-29-30(22)18-9-7-17(24)8-10-18/h2-12,14,28H,1,13H2. The molecule has 0 bridgehead atoms. The van der Waals surface area contributed by atoms with Gasteiger partial charge in [-0.05, 0) is 59.8 Å². The van der Waals surface area contributed by atoms with E-state index in [-0.39, 0.29) is 22.5 Å². The number of nitrogens with one attached hydrogen (secondary N) is 1. The Morgan fingerprint density at radius 2 is 1.71 bits per heavy atom. The number of rotatable bonds is 6. The maximum atomic E-state index is 13.2. The molecule has 1 N–H and O–H groups in total. The van der Waals surface area contributed by atoms with E-state index in [1.165, 1.54) is 24.3 Å². The smallest absolute Gasteiger partial charge is 0.381 e. The van der Waals surface area contributed by atoms with Crippen LogP contribution in [0.25, 0.3) is 22.3 Å². The van der Waals surface area contributed by atoms with Crippen LogP contribution in [0, 0.1) is 5.82 Å². The molecule has 158 valence electrons. The van der Waals surface area contributed by atoms with Crippen molar-refractivity contribution in [3.8, 4) is 5.69 Å². The van der Waals surface area contributed by atoms with Gasteiger partial charge in [-0.1, -0.05) is 30.8 Å². The number of nitrogens with zero attached hydrogens (tertiary/aromatic N) is 2. The average Bonchev–Trinajstić information content (AvgIpc) is 3.17. The van der Waals surface area contributed by atoms with Crippen LogP contribution in [0.2, 0.25) is 0 Å². The SMILES string of the molecule is C=C(NCc1ccc(SC(F)(F)F)cc1)c1cccc2c1cnn2-c1ccc(F)cc1. The second-order valence-electron chi connectivity index (χ2n) is 6.80. The number of hydrogen-bond acceptors (Lipinski definition) is 3. The molecule has 1 heterocycles. The van der Waals surface area contributed by atoms with Gasteiger partial charge in [-0.15, -0.1) is 0 Å². The molecule has 4 aromatic rings. The molecule has 3 aromatic carbocycles. The first-order valence-electron chi connectivity index (χ1n) is 9.31. The second kappa shape index (κ2) is 8.47. The van der Waals surface area contributed by atoms with Gasteiger partial charge in [-0.3, -0.25) is 0 Å². The first kappa shape index (κ1) is 21.0. The lowest BCUT2D eigenvalue weighted by Crippen LogP contribution is -2.11. The lowest BCUT2D eigenvalue weighted by molar-refractivity contribution is -0.0328. The molecule has 0 aliphatic heterocycles. The van der Waals surface area contributed by atoms with E-state index in [0.29, 0.717) is 12.2 Å². The Hall–Kier alpha value is -3.26. The summed E-state index contributed by atoms with van der Waals surface area (Å²) in [5, 5.41) is 8.52. The topological polar surface area (TPSA) is 29.9 Å². The van der Waals surface area contributed by atoms with E-state index in [0.717, 1.165) is 27.7 Å². The number of aromatic nitrogens is 2. The predicted octanol–water partition coefficient (Wildman–Crippen LogP) is 6.54. The lowest BCUT2D eigenvalue weighted by atomic mass is 10.1. The Kier molecular flexibility index (Phi) is 5.73. The fraction of sp³-hybridized carbons (Fsp3) is 0.0870. The maximum absolute atomic E-state index is 13.2. The molecule has 1 aromatic heterocycles. The highest BCUT2D eigenvalue weighted by molar-refractivity contribution is 8.00. The van der Waals surface area contributed by atoms with Crippen LogP contribution in [0.3, 0.4) is 0 Å². The molecule has 0 aliphatic carbocycles. The van der Waals surface area contributed by atoms with Crippen LogP contribution in [0.1, 0.15) is 11.1 Å². The van der Waals surface area contributed by atoms with Crippen molar-refractivity contribution >= 4 is 28.4 Å². The molecule has 0 amide bonds. The van der Waals surface area contributed by atoms with E-state index in [9.17, 15) is 17.6 Å². The van der Waals surface area contributed by atoms with E-state index < -0.39 is 5.51 Å². The van der Waals surface area contributed by atoms with Gasteiger partial charge in [0.25, 0.3) is 0 Å². The molecular weight excluding hydrogens is 426 g/mol. The molecule has 3 nitrogen and oxygen atoms in total. The largest absolute Gasteiger partial charge is 0.446 e. The molecule has 31 heavy (non-hydrogen) atoms. The summed E-state index contributed by atoms with van der Waals surface area (Å²) in [5.41, 5.74) is -0.357. The van der Waals surface area contributed by atoms with Gasteiger partial charge in [0, 0.05) is 28.1 Å². The summed E-state index contributed by atoms with van der Waals surface area (Å²) in [6.07, 6.45) is 1.73. The summed E-state index contributed by atoms with van der Waals surface area (Å²) in [5.74, 6) is -0.316. The number of alkyl halides is 3. The number of fused-ring (bicyclic) bond motifs is 1. The van der Waals surface area contributed by atoms with E-state index in [4.69, 9.17) is 0 Å². The average molecular weight is 443 g/mol. The number of benzene rings is 3. The van der Waals surface area contributed by atoms with E-state index in [2.05, 4.69) is 17.0 Å². The molecule has 0 atom stereocenters. The summed E-state index contributed by atoms with van der Waals surface area (Å²) < 4.78 is 52.3. The first-order chi connectivity index (χ1) is 14.8.